The first-order chi connectivity index (χ1) is 16.0. The summed E-state index contributed by atoms with van der Waals surface area (Å²) in [6, 6.07) is 17.5. The molecule has 0 N–H and O–H groups in total. The maximum absolute atomic E-state index is 13.6. The fraction of sp³-hybridized carbons (Fsp3) is 0.231. The molecular formula is C26H24FN3O3. The Hall–Kier alpha value is -3.87. The van der Waals surface area contributed by atoms with Gasteiger partial charge in [-0.3, -0.25) is 4.79 Å². The summed E-state index contributed by atoms with van der Waals surface area (Å²) in [6.45, 7) is 4.23. The highest BCUT2D eigenvalue weighted by Crippen LogP contribution is 2.40. The standard InChI is InChI=1S/C26H24FN3O3/c1-17-6-8-22-24(14-17)33-23-9-7-20(32-2)16-21(23)25(28-22)29-10-12-30(13-11-29)26(31)18-4-3-5-19(27)15-18/h3-9,14-16H,10-13H2,1-2H3. The van der Waals surface area contributed by atoms with Crippen molar-refractivity contribution in [1.29, 1.82) is 0 Å². The number of aliphatic imine (C=N–C) groups is 1. The summed E-state index contributed by atoms with van der Waals surface area (Å²) < 4.78 is 25.3. The van der Waals surface area contributed by atoms with Crippen molar-refractivity contribution in [2.75, 3.05) is 33.3 Å². The van der Waals surface area contributed by atoms with Gasteiger partial charge in [0.05, 0.1) is 12.7 Å². The van der Waals surface area contributed by atoms with Crippen LogP contribution in [-0.2, 0) is 0 Å². The van der Waals surface area contributed by atoms with Gasteiger partial charge in [0.15, 0.2) is 5.75 Å². The van der Waals surface area contributed by atoms with Gasteiger partial charge in [0.25, 0.3) is 5.91 Å². The molecule has 0 atom stereocenters. The van der Waals surface area contributed by atoms with Crippen LogP contribution < -0.4 is 9.47 Å². The molecule has 0 aliphatic carbocycles. The monoisotopic (exact) mass is 445 g/mol. The first-order valence-corrected chi connectivity index (χ1v) is 10.9. The third-order valence-electron chi connectivity index (χ3n) is 5.93. The first kappa shape index (κ1) is 21.0. The number of nitrogens with zero attached hydrogens (tertiary/aromatic N) is 3. The number of carbonyl (C=O) groups excluding carboxylic acids is 1. The molecule has 0 aromatic heterocycles. The van der Waals surface area contributed by atoms with Gasteiger partial charge in [-0.2, -0.15) is 0 Å². The highest BCUT2D eigenvalue weighted by molar-refractivity contribution is 6.04. The van der Waals surface area contributed by atoms with Crippen molar-refractivity contribution in [2.45, 2.75) is 6.92 Å². The number of amidine groups is 1. The number of hydrogen-bond acceptors (Lipinski definition) is 5. The predicted molar refractivity (Wildman–Crippen MR) is 124 cm³/mol. The summed E-state index contributed by atoms with van der Waals surface area (Å²) in [6.07, 6.45) is 0. The summed E-state index contributed by atoms with van der Waals surface area (Å²) >= 11 is 0. The Morgan fingerprint density at radius 1 is 1.00 bits per heavy atom. The second-order valence-corrected chi connectivity index (χ2v) is 8.16. The molecule has 2 aliphatic rings. The van der Waals surface area contributed by atoms with E-state index in [1.807, 2.05) is 43.3 Å². The number of piperazine rings is 1. The molecule has 0 radical (unpaired) electrons. The van der Waals surface area contributed by atoms with Gasteiger partial charge in [0.2, 0.25) is 0 Å². The van der Waals surface area contributed by atoms with Gasteiger partial charge in [-0.1, -0.05) is 12.1 Å². The number of aryl methyl sites for hydroxylation is 1. The molecule has 1 amide bonds. The number of hydrogen-bond donors (Lipinski definition) is 0. The maximum atomic E-state index is 13.6. The van der Waals surface area contributed by atoms with Gasteiger partial charge in [-0.25, -0.2) is 9.38 Å². The Morgan fingerprint density at radius 3 is 2.58 bits per heavy atom. The Morgan fingerprint density at radius 2 is 1.82 bits per heavy atom. The van der Waals surface area contributed by atoms with Crippen molar-refractivity contribution in [1.82, 2.24) is 9.80 Å². The molecule has 3 aromatic rings. The lowest BCUT2D eigenvalue weighted by Gasteiger charge is -2.36. The van der Waals surface area contributed by atoms with Crippen molar-refractivity contribution in [2.24, 2.45) is 4.99 Å². The van der Waals surface area contributed by atoms with E-state index >= 15 is 0 Å². The number of carbonyl (C=O) groups is 1. The molecule has 7 heteroatoms. The SMILES string of the molecule is COc1ccc2c(c1)C(N1CCN(C(=O)c3cccc(F)c3)CC1)=Nc1ccc(C)cc1O2. The number of methoxy groups -OCH3 is 1. The molecule has 2 heterocycles. The predicted octanol–water partition coefficient (Wildman–Crippen LogP) is 4.78. The molecule has 0 unspecified atom stereocenters. The van der Waals surface area contributed by atoms with Crippen LogP contribution in [-0.4, -0.2) is 54.8 Å². The molecule has 1 saturated heterocycles. The molecule has 5 rings (SSSR count). The van der Waals surface area contributed by atoms with Crippen molar-refractivity contribution >= 4 is 17.4 Å². The van der Waals surface area contributed by atoms with Crippen LogP contribution in [0.25, 0.3) is 0 Å². The lowest BCUT2D eigenvalue weighted by molar-refractivity contribution is 0.0691. The van der Waals surface area contributed by atoms with Crippen LogP contribution in [0.1, 0.15) is 21.5 Å². The van der Waals surface area contributed by atoms with Crippen LogP contribution in [0.5, 0.6) is 17.2 Å². The Labute approximate surface area is 191 Å². The van der Waals surface area contributed by atoms with Crippen LogP contribution >= 0.6 is 0 Å². The zero-order valence-electron chi connectivity index (χ0n) is 18.5. The number of rotatable bonds is 2. The molecule has 1 fully saturated rings. The average molecular weight is 445 g/mol. The number of halogens is 1. The van der Waals surface area contributed by atoms with E-state index < -0.39 is 5.82 Å². The quantitative estimate of drug-likeness (QED) is 0.570. The molecule has 3 aromatic carbocycles. The number of ether oxygens (including phenoxy) is 2. The Kier molecular flexibility index (Phi) is 5.46. The average Bonchev–Trinajstić information content (AvgIpc) is 2.99. The zero-order valence-corrected chi connectivity index (χ0v) is 18.5. The summed E-state index contributed by atoms with van der Waals surface area (Å²) in [4.78, 5) is 21.7. The highest BCUT2D eigenvalue weighted by atomic mass is 19.1. The van der Waals surface area contributed by atoms with Gasteiger partial charge < -0.3 is 19.3 Å². The fourth-order valence-electron chi connectivity index (χ4n) is 4.15. The minimum atomic E-state index is -0.410. The van der Waals surface area contributed by atoms with Gasteiger partial charge in [0.1, 0.15) is 28.8 Å². The highest BCUT2D eigenvalue weighted by Gasteiger charge is 2.28. The van der Waals surface area contributed by atoms with Gasteiger partial charge in [-0.05, 0) is 61.0 Å². The van der Waals surface area contributed by atoms with Crippen LogP contribution in [0.4, 0.5) is 10.1 Å². The maximum Gasteiger partial charge on any atom is 0.254 e. The lowest BCUT2D eigenvalue weighted by atomic mass is 10.1. The van der Waals surface area contributed by atoms with E-state index in [-0.39, 0.29) is 5.91 Å². The zero-order chi connectivity index (χ0) is 22.9. The van der Waals surface area contributed by atoms with Gasteiger partial charge >= 0.3 is 0 Å². The summed E-state index contributed by atoms with van der Waals surface area (Å²) in [5, 5.41) is 0. The lowest BCUT2D eigenvalue weighted by Crippen LogP contribution is -2.50. The van der Waals surface area contributed by atoms with E-state index in [1.54, 1.807) is 24.1 Å². The van der Waals surface area contributed by atoms with E-state index in [9.17, 15) is 9.18 Å². The number of amides is 1. The van der Waals surface area contributed by atoms with Crippen LogP contribution in [0.15, 0.2) is 65.7 Å². The van der Waals surface area contributed by atoms with Crippen LogP contribution in [0, 0.1) is 12.7 Å². The van der Waals surface area contributed by atoms with E-state index in [1.165, 1.54) is 12.1 Å². The third-order valence-corrected chi connectivity index (χ3v) is 5.93. The van der Waals surface area contributed by atoms with Crippen molar-refractivity contribution in [3.05, 3.63) is 83.2 Å². The van der Waals surface area contributed by atoms with E-state index in [0.717, 1.165) is 22.6 Å². The topological polar surface area (TPSA) is 54.4 Å². The van der Waals surface area contributed by atoms with E-state index in [0.29, 0.717) is 49.0 Å². The normalized spacial score (nSPS) is 15.1. The molecule has 0 bridgehead atoms. The molecule has 6 nitrogen and oxygen atoms in total. The van der Waals surface area contributed by atoms with Gasteiger partial charge in [-0.15, -0.1) is 0 Å². The molecule has 33 heavy (non-hydrogen) atoms. The first-order valence-electron chi connectivity index (χ1n) is 10.9. The minimum Gasteiger partial charge on any atom is -0.497 e. The second kappa shape index (κ2) is 8.58. The molecule has 168 valence electrons. The molecule has 0 spiro atoms. The van der Waals surface area contributed by atoms with Crippen LogP contribution in [0.3, 0.4) is 0 Å². The van der Waals surface area contributed by atoms with Crippen molar-refractivity contribution < 1.29 is 18.7 Å². The minimum absolute atomic E-state index is 0.164. The van der Waals surface area contributed by atoms with Crippen LogP contribution in [0.2, 0.25) is 0 Å². The number of benzene rings is 3. The summed E-state index contributed by atoms with van der Waals surface area (Å²) in [5.41, 5.74) is 3.05. The fourth-order valence-corrected chi connectivity index (χ4v) is 4.15. The number of fused-ring (bicyclic) bond motifs is 2. The molecule has 2 aliphatic heterocycles. The molecular weight excluding hydrogens is 421 g/mol. The summed E-state index contributed by atoms with van der Waals surface area (Å²) in [5.74, 6) is 2.33. The van der Waals surface area contributed by atoms with Gasteiger partial charge in [0, 0.05) is 31.7 Å². The van der Waals surface area contributed by atoms with Crippen molar-refractivity contribution in [3.63, 3.8) is 0 Å². The third kappa shape index (κ3) is 4.14. The van der Waals surface area contributed by atoms with E-state index in [2.05, 4.69) is 4.90 Å². The summed E-state index contributed by atoms with van der Waals surface area (Å²) in [7, 11) is 1.63. The largest absolute Gasteiger partial charge is 0.497 e. The molecule has 0 saturated carbocycles. The van der Waals surface area contributed by atoms with Crippen molar-refractivity contribution in [3.8, 4) is 17.2 Å². The Balaban J connectivity index is 1.44. The second-order valence-electron chi connectivity index (χ2n) is 8.16. The van der Waals surface area contributed by atoms with E-state index in [4.69, 9.17) is 14.5 Å². The Bertz CT molecular complexity index is 1250. The smallest absolute Gasteiger partial charge is 0.254 e.